The molecular formula is C25H25ClN6O4S. The van der Waals surface area contributed by atoms with Crippen LogP contribution in [0.5, 0.6) is 11.5 Å². The van der Waals surface area contributed by atoms with E-state index in [1.165, 1.54) is 12.1 Å². The first-order valence-corrected chi connectivity index (χ1v) is 12.8. The van der Waals surface area contributed by atoms with Crippen molar-refractivity contribution in [3.05, 3.63) is 93.0 Å². The smallest absolute Gasteiger partial charge is 0.269 e. The topological polar surface area (TPSA) is 117 Å². The Morgan fingerprint density at radius 1 is 1.11 bits per heavy atom. The number of methoxy groups -OCH3 is 1. The standard InChI is InChI=1S/C25H25ClN6O4S/c1-35-23-14-19(22(26)15-24(23)36-17-18-8-10-21(11-9-18)32(33)34)16-27-12-5-13-37-25-28-29-30-31(25)20-6-3-2-4-7-20/h2-4,6-11,14-15,27H,5,12-13,16-17H2,1H3. The lowest BCUT2D eigenvalue weighted by Gasteiger charge is -2.14. The number of hydrogen-bond acceptors (Lipinski definition) is 9. The van der Waals surface area contributed by atoms with Gasteiger partial charge < -0.3 is 14.8 Å². The monoisotopic (exact) mass is 540 g/mol. The lowest BCUT2D eigenvalue weighted by molar-refractivity contribution is -0.384. The molecule has 12 heteroatoms. The summed E-state index contributed by atoms with van der Waals surface area (Å²) in [5.74, 6) is 1.92. The summed E-state index contributed by atoms with van der Waals surface area (Å²) in [6.07, 6.45) is 0.914. The molecule has 3 aromatic carbocycles. The highest BCUT2D eigenvalue weighted by atomic mass is 35.5. The van der Waals surface area contributed by atoms with Gasteiger partial charge in [-0.05, 0) is 64.9 Å². The molecule has 0 aliphatic carbocycles. The van der Waals surface area contributed by atoms with Crippen LogP contribution in [-0.2, 0) is 13.2 Å². The Hall–Kier alpha value is -3.67. The molecular weight excluding hydrogens is 516 g/mol. The molecule has 0 saturated heterocycles. The van der Waals surface area contributed by atoms with Crippen LogP contribution in [-0.4, -0.2) is 44.5 Å². The zero-order valence-corrected chi connectivity index (χ0v) is 21.6. The predicted molar refractivity (Wildman–Crippen MR) is 142 cm³/mol. The third kappa shape index (κ3) is 7.19. The van der Waals surface area contributed by atoms with E-state index >= 15 is 0 Å². The first-order valence-electron chi connectivity index (χ1n) is 11.4. The van der Waals surface area contributed by atoms with Gasteiger partial charge in [0, 0.05) is 35.5 Å². The summed E-state index contributed by atoms with van der Waals surface area (Å²) in [5, 5.41) is 27.5. The minimum absolute atomic E-state index is 0.0345. The first-order chi connectivity index (χ1) is 18.0. The summed E-state index contributed by atoms with van der Waals surface area (Å²) < 4.78 is 13.1. The Morgan fingerprint density at radius 2 is 1.89 bits per heavy atom. The number of tetrazole rings is 1. The van der Waals surface area contributed by atoms with Crippen molar-refractivity contribution in [2.75, 3.05) is 19.4 Å². The fraction of sp³-hybridized carbons (Fsp3) is 0.240. The van der Waals surface area contributed by atoms with E-state index in [-0.39, 0.29) is 12.3 Å². The van der Waals surface area contributed by atoms with Crippen molar-refractivity contribution in [3.63, 3.8) is 0 Å². The maximum atomic E-state index is 10.8. The van der Waals surface area contributed by atoms with E-state index < -0.39 is 4.92 Å². The Bertz CT molecular complexity index is 1320. The van der Waals surface area contributed by atoms with Gasteiger partial charge in [0.25, 0.3) is 5.69 Å². The third-order valence-electron chi connectivity index (χ3n) is 5.36. The fourth-order valence-electron chi connectivity index (χ4n) is 3.44. The van der Waals surface area contributed by atoms with Crippen molar-refractivity contribution in [2.24, 2.45) is 0 Å². The van der Waals surface area contributed by atoms with Gasteiger partial charge in [0.05, 0.1) is 17.7 Å². The lowest BCUT2D eigenvalue weighted by atomic mass is 10.2. The molecule has 0 bridgehead atoms. The molecule has 0 aliphatic heterocycles. The lowest BCUT2D eigenvalue weighted by Crippen LogP contribution is -2.16. The molecule has 1 aromatic heterocycles. The maximum absolute atomic E-state index is 10.8. The average molecular weight is 541 g/mol. The van der Waals surface area contributed by atoms with E-state index in [4.69, 9.17) is 21.1 Å². The van der Waals surface area contributed by atoms with E-state index in [0.717, 1.165) is 40.7 Å². The Morgan fingerprint density at radius 3 is 2.62 bits per heavy atom. The van der Waals surface area contributed by atoms with Crippen molar-refractivity contribution in [1.82, 2.24) is 25.5 Å². The quantitative estimate of drug-likeness (QED) is 0.107. The number of rotatable bonds is 13. The summed E-state index contributed by atoms with van der Waals surface area (Å²) >= 11 is 8.10. The summed E-state index contributed by atoms with van der Waals surface area (Å²) in [4.78, 5) is 10.4. The molecule has 0 aliphatic rings. The molecule has 1 heterocycles. The molecule has 0 radical (unpaired) electrons. The number of thioether (sulfide) groups is 1. The highest BCUT2D eigenvalue weighted by molar-refractivity contribution is 7.99. The second kappa shape index (κ2) is 13.0. The van der Waals surface area contributed by atoms with Gasteiger partial charge in [-0.25, -0.2) is 0 Å². The van der Waals surface area contributed by atoms with Gasteiger partial charge in [-0.15, -0.1) is 5.10 Å². The van der Waals surface area contributed by atoms with Crippen molar-refractivity contribution >= 4 is 29.1 Å². The maximum Gasteiger partial charge on any atom is 0.269 e. The van der Waals surface area contributed by atoms with Gasteiger partial charge in [0.1, 0.15) is 6.61 Å². The normalized spacial score (nSPS) is 10.9. The van der Waals surface area contributed by atoms with E-state index in [9.17, 15) is 10.1 Å². The molecule has 0 spiro atoms. The highest BCUT2D eigenvalue weighted by Crippen LogP contribution is 2.34. The summed E-state index contributed by atoms with van der Waals surface area (Å²) in [6.45, 7) is 1.59. The largest absolute Gasteiger partial charge is 0.493 e. The first kappa shape index (κ1) is 26.4. The zero-order valence-electron chi connectivity index (χ0n) is 20.0. The van der Waals surface area contributed by atoms with Gasteiger partial charge in [-0.2, -0.15) is 4.68 Å². The highest BCUT2D eigenvalue weighted by Gasteiger charge is 2.12. The van der Waals surface area contributed by atoms with Crippen LogP contribution in [0.3, 0.4) is 0 Å². The molecule has 192 valence electrons. The molecule has 0 amide bonds. The van der Waals surface area contributed by atoms with Crippen LogP contribution >= 0.6 is 23.4 Å². The van der Waals surface area contributed by atoms with Crippen LogP contribution in [0.4, 0.5) is 5.69 Å². The minimum atomic E-state index is -0.435. The molecule has 0 fully saturated rings. The van der Waals surface area contributed by atoms with Crippen molar-refractivity contribution in [2.45, 2.75) is 24.7 Å². The van der Waals surface area contributed by atoms with Crippen molar-refractivity contribution in [3.8, 4) is 17.2 Å². The number of hydrogen-bond donors (Lipinski definition) is 1. The number of nitro groups is 1. The van der Waals surface area contributed by atoms with Crippen LogP contribution in [0.25, 0.3) is 5.69 Å². The number of para-hydroxylation sites is 1. The molecule has 4 aromatic rings. The van der Waals surface area contributed by atoms with E-state index in [1.807, 2.05) is 36.4 Å². The van der Waals surface area contributed by atoms with Crippen molar-refractivity contribution in [1.29, 1.82) is 0 Å². The number of ether oxygens (including phenoxy) is 2. The average Bonchev–Trinajstić information content (AvgIpc) is 3.39. The molecule has 4 rings (SSSR count). The van der Waals surface area contributed by atoms with Gasteiger partial charge in [0.15, 0.2) is 11.5 Å². The van der Waals surface area contributed by atoms with Gasteiger partial charge in [-0.1, -0.05) is 41.6 Å². The number of nitrogens with zero attached hydrogens (tertiary/aromatic N) is 5. The second-order valence-corrected chi connectivity index (χ2v) is 9.36. The fourth-order valence-corrected chi connectivity index (χ4v) is 4.49. The van der Waals surface area contributed by atoms with E-state index in [1.54, 1.807) is 41.8 Å². The van der Waals surface area contributed by atoms with Crippen LogP contribution in [0, 0.1) is 10.1 Å². The third-order valence-corrected chi connectivity index (χ3v) is 6.72. The molecule has 0 atom stereocenters. The van der Waals surface area contributed by atoms with Gasteiger partial charge in [0.2, 0.25) is 5.16 Å². The number of halogens is 1. The SMILES string of the molecule is COc1cc(CNCCCSc2nnnn2-c2ccccc2)c(Cl)cc1OCc1ccc([N+](=O)[O-])cc1. The predicted octanol–water partition coefficient (Wildman–Crippen LogP) is 5.08. The minimum Gasteiger partial charge on any atom is -0.493 e. The summed E-state index contributed by atoms with van der Waals surface area (Å²) in [5.41, 5.74) is 2.65. The Balaban J connectivity index is 1.24. The number of non-ortho nitro benzene ring substituents is 1. The molecule has 0 unspecified atom stereocenters. The molecule has 0 saturated carbocycles. The molecule has 10 nitrogen and oxygen atoms in total. The van der Waals surface area contributed by atoms with Gasteiger partial charge in [-0.3, -0.25) is 10.1 Å². The second-order valence-electron chi connectivity index (χ2n) is 7.89. The summed E-state index contributed by atoms with van der Waals surface area (Å²) in [6, 6.07) is 19.6. The van der Waals surface area contributed by atoms with Crippen LogP contribution in [0.2, 0.25) is 5.02 Å². The zero-order chi connectivity index (χ0) is 26.0. The summed E-state index contributed by atoms with van der Waals surface area (Å²) in [7, 11) is 1.57. The Kier molecular flexibility index (Phi) is 9.30. The van der Waals surface area contributed by atoms with Gasteiger partial charge >= 0.3 is 0 Å². The van der Waals surface area contributed by atoms with E-state index in [2.05, 4.69) is 20.8 Å². The van der Waals surface area contributed by atoms with Crippen LogP contribution in [0.15, 0.2) is 71.9 Å². The van der Waals surface area contributed by atoms with E-state index in [0.29, 0.717) is 23.1 Å². The Labute approximate surface area is 223 Å². The molecule has 1 N–H and O–H groups in total. The number of aromatic nitrogens is 4. The number of nitro benzene ring substituents is 1. The number of benzene rings is 3. The van der Waals surface area contributed by atoms with Crippen molar-refractivity contribution < 1.29 is 14.4 Å². The van der Waals surface area contributed by atoms with Crippen LogP contribution < -0.4 is 14.8 Å². The van der Waals surface area contributed by atoms with Crippen LogP contribution in [0.1, 0.15) is 17.5 Å². The number of nitrogens with one attached hydrogen (secondary N) is 1. The molecule has 37 heavy (non-hydrogen) atoms.